The normalized spacial score (nSPS) is 28.2. The van der Waals surface area contributed by atoms with Crippen LogP contribution in [0.1, 0.15) is 50.0 Å². The van der Waals surface area contributed by atoms with Crippen LogP contribution < -0.4 is 5.32 Å². The van der Waals surface area contributed by atoms with Crippen molar-refractivity contribution in [2.24, 2.45) is 0 Å². The Morgan fingerprint density at radius 1 is 1.45 bits per heavy atom. The Labute approximate surface area is 129 Å². The van der Waals surface area contributed by atoms with E-state index in [2.05, 4.69) is 12.2 Å². The predicted octanol–water partition coefficient (Wildman–Crippen LogP) is 3.06. The van der Waals surface area contributed by atoms with Gasteiger partial charge < -0.3 is 15.2 Å². The van der Waals surface area contributed by atoms with Crippen molar-refractivity contribution in [2.75, 3.05) is 6.54 Å². The summed E-state index contributed by atoms with van der Waals surface area (Å²) >= 11 is 0. The number of amides is 2. The van der Waals surface area contributed by atoms with Crippen LogP contribution in [0.4, 0.5) is 9.59 Å². The smallest absolute Gasteiger partial charge is 0.411 e. The molecule has 2 amide bonds. The Morgan fingerprint density at radius 2 is 2.14 bits per heavy atom. The molecule has 0 spiro atoms. The first kappa shape index (κ1) is 14.7. The van der Waals surface area contributed by atoms with Crippen molar-refractivity contribution in [3.63, 3.8) is 0 Å². The molecular formula is C16H20N2O4. The summed E-state index contributed by atoms with van der Waals surface area (Å²) in [7, 11) is 0. The maximum Gasteiger partial charge on any atom is 0.411 e. The summed E-state index contributed by atoms with van der Waals surface area (Å²) in [4.78, 5) is 24.5. The van der Waals surface area contributed by atoms with Gasteiger partial charge in [0, 0.05) is 6.54 Å². The van der Waals surface area contributed by atoms with Crippen LogP contribution >= 0.6 is 0 Å². The summed E-state index contributed by atoms with van der Waals surface area (Å²) in [5, 5.41) is 11.2. The maximum absolute atomic E-state index is 12.0. The molecule has 0 aliphatic carbocycles. The van der Waals surface area contributed by atoms with Gasteiger partial charge in [-0.3, -0.25) is 4.90 Å². The zero-order valence-electron chi connectivity index (χ0n) is 12.7. The molecule has 0 bridgehead atoms. The molecule has 2 saturated heterocycles. The van der Waals surface area contributed by atoms with Gasteiger partial charge in [0.05, 0.1) is 11.6 Å². The van der Waals surface area contributed by atoms with Gasteiger partial charge in [-0.1, -0.05) is 24.3 Å². The topological polar surface area (TPSA) is 78.9 Å². The van der Waals surface area contributed by atoms with Gasteiger partial charge in [-0.05, 0) is 37.8 Å². The van der Waals surface area contributed by atoms with E-state index in [1.165, 1.54) is 0 Å². The molecule has 6 heteroatoms. The van der Waals surface area contributed by atoms with Crippen molar-refractivity contribution in [2.45, 2.75) is 44.4 Å². The fourth-order valence-electron chi connectivity index (χ4n) is 3.50. The van der Waals surface area contributed by atoms with Crippen LogP contribution in [0.15, 0.2) is 24.3 Å². The second-order valence-electron chi connectivity index (χ2n) is 6.21. The molecule has 118 valence electrons. The fraction of sp³-hybridized carbons (Fsp3) is 0.500. The molecule has 2 N–H and O–H groups in total. The molecule has 2 heterocycles. The van der Waals surface area contributed by atoms with Crippen molar-refractivity contribution in [1.82, 2.24) is 10.2 Å². The fourth-order valence-corrected chi connectivity index (χ4v) is 3.50. The molecule has 6 nitrogen and oxygen atoms in total. The van der Waals surface area contributed by atoms with Gasteiger partial charge in [0.25, 0.3) is 0 Å². The van der Waals surface area contributed by atoms with Gasteiger partial charge in [0.2, 0.25) is 0 Å². The van der Waals surface area contributed by atoms with Gasteiger partial charge >= 0.3 is 12.2 Å². The van der Waals surface area contributed by atoms with Crippen molar-refractivity contribution < 1.29 is 19.4 Å². The van der Waals surface area contributed by atoms with E-state index in [1.807, 2.05) is 29.2 Å². The van der Waals surface area contributed by atoms with E-state index >= 15 is 0 Å². The lowest BCUT2D eigenvalue weighted by Gasteiger charge is -2.29. The van der Waals surface area contributed by atoms with Gasteiger partial charge in [-0.25, -0.2) is 9.59 Å². The van der Waals surface area contributed by atoms with Crippen LogP contribution in [0, 0.1) is 0 Å². The molecular weight excluding hydrogens is 284 g/mol. The SMILES string of the molecule is C[C@H](NC(=O)O)c1ccc([C@@H]2OC(=O)N3CCC[C@]23C)cc1. The van der Waals surface area contributed by atoms with Crippen LogP contribution in [0.5, 0.6) is 0 Å². The third-order valence-corrected chi connectivity index (χ3v) is 4.76. The number of carbonyl (C=O) groups excluding carboxylic acids is 1. The number of rotatable bonds is 3. The second kappa shape index (κ2) is 5.19. The average Bonchev–Trinajstić information content (AvgIpc) is 2.96. The highest BCUT2D eigenvalue weighted by Crippen LogP contribution is 2.47. The van der Waals surface area contributed by atoms with E-state index in [4.69, 9.17) is 9.84 Å². The zero-order chi connectivity index (χ0) is 15.9. The Kier molecular flexibility index (Phi) is 3.47. The number of hydrogen-bond donors (Lipinski definition) is 2. The Hall–Kier alpha value is -2.24. The number of carboxylic acid groups (broad SMARTS) is 1. The van der Waals surface area contributed by atoms with E-state index in [9.17, 15) is 9.59 Å². The lowest BCUT2D eigenvalue weighted by molar-refractivity contribution is 0.111. The number of nitrogens with zero attached hydrogens (tertiary/aromatic N) is 1. The monoisotopic (exact) mass is 304 g/mol. The van der Waals surface area contributed by atoms with Crippen LogP contribution in [-0.2, 0) is 4.74 Å². The molecule has 2 aliphatic rings. The van der Waals surface area contributed by atoms with E-state index in [0.29, 0.717) is 0 Å². The van der Waals surface area contributed by atoms with Gasteiger partial charge in [0.1, 0.15) is 0 Å². The number of benzene rings is 1. The summed E-state index contributed by atoms with van der Waals surface area (Å²) in [6.07, 6.45) is 0.381. The largest absolute Gasteiger partial charge is 0.465 e. The summed E-state index contributed by atoms with van der Waals surface area (Å²) in [6, 6.07) is 7.31. The van der Waals surface area contributed by atoms with Gasteiger partial charge in [-0.15, -0.1) is 0 Å². The summed E-state index contributed by atoms with van der Waals surface area (Å²) in [5.41, 5.74) is 1.55. The van der Waals surface area contributed by atoms with E-state index in [1.54, 1.807) is 6.92 Å². The van der Waals surface area contributed by atoms with E-state index in [0.717, 1.165) is 30.5 Å². The first-order valence-electron chi connectivity index (χ1n) is 7.49. The highest BCUT2D eigenvalue weighted by molar-refractivity contribution is 5.72. The highest BCUT2D eigenvalue weighted by Gasteiger charge is 2.54. The lowest BCUT2D eigenvalue weighted by atomic mass is 9.87. The molecule has 0 saturated carbocycles. The van der Waals surface area contributed by atoms with Crippen molar-refractivity contribution in [3.05, 3.63) is 35.4 Å². The number of hydrogen-bond acceptors (Lipinski definition) is 3. The van der Waals surface area contributed by atoms with Crippen molar-refractivity contribution >= 4 is 12.2 Å². The number of carbonyl (C=O) groups is 2. The first-order chi connectivity index (χ1) is 10.4. The first-order valence-corrected chi connectivity index (χ1v) is 7.49. The quantitative estimate of drug-likeness (QED) is 0.899. The number of ether oxygens (including phenoxy) is 1. The molecule has 3 rings (SSSR count). The molecule has 1 aromatic rings. The minimum absolute atomic E-state index is 0.241. The lowest BCUT2D eigenvalue weighted by Crippen LogP contribution is -2.40. The Bertz CT molecular complexity index is 601. The van der Waals surface area contributed by atoms with Crippen LogP contribution in [0.2, 0.25) is 0 Å². The molecule has 0 radical (unpaired) electrons. The molecule has 0 aromatic heterocycles. The van der Waals surface area contributed by atoms with E-state index in [-0.39, 0.29) is 23.8 Å². The maximum atomic E-state index is 12.0. The Balaban J connectivity index is 1.81. The summed E-state index contributed by atoms with van der Waals surface area (Å²) in [5.74, 6) is 0. The van der Waals surface area contributed by atoms with Crippen LogP contribution in [-0.4, -0.2) is 34.3 Å². The molecule has 2 aliphatic heterocycles. The third kappa shape index (κ3) is 2.28. The minimum Gasteiger partial charge on any atom is -0.465 e. The summed E-state index contributed by atoms with van der Waals surface area (Å²) < 4.78 is 5.56. The van der Waals surface area contributed by atoms with Crippen LogP contribution in [0.3, 0.4) is 0 Å². The molecule has 22 heavy (non-hydrogen) atoms. The minimum atomic E-state index is -1.05. The standard InChI is InChI=1S/C16H20N2O4/c1-10(17-14(19)20)11-4-6-12(7-5-11)13-16(2)8-3-9-18(16)15(21)22-13/h4-7,10,13,17H,3,8-9H2,1-2H3,(H,19,20)/t10-,13-,16+/m0/s1. The van der Waals surface area contributed by atoms with Gasteiger partial charge in [0.15, 0.2) is 6.10 Å². The second-order valence-corrected chi connectivity index (χ2v) is 6.21. The molecule has 0 unspecified atom stereocenters. The van der Waals surface area contributed by atoms with Crippen molar-refractivity contribution in [1.29, 1.82) is 0 Å². The summed E-state index contributed by atoms with van der Waals surface area (Å²) in [6.45, 7) is 4.61. The molecule has 2 fully saturated rings. The van der Waals surface area contributed by atoms with E-state index < -0.39 is 6.09 Å². The zero-order valence-corrected chi connectivity index (χ0v) is 12.7. The van der Waals surface area contributed by atoms with Crippen molar-refractivity contribution in [3.8, 4) is 0 Å². The van der Waals surface area contributed by atoms with Gasteiger partial charge in [-0.2, -0.15) is 0 Å². The Morgan fingerprint density at radius 3 is 2.77 bits per heavy atom. The molecule has 1 aromatic carbocycles. The molecule has 3 atom stereocenters. The number of cyclic esters (lactones) is 1. The number of nitrogens with one attached hydrogen (secondary N) is 1. The predicted molar refractivity (Wildman–Crippen MR) is 79.6 cm³/mol. The average molecular weight is 304 g/mol. The highest BCUT2D eigenvalue weighted by atomic mass is 16.6. The van der Waals surface area contributed by atoms with Crippen LogP contribution in [0.25, 0.3) is 0 Å². The third-order valence-electron chi connectivity index (χ3n) is 4.76. The number of fused-ring (bicyclic) bond motifs is 1.